The summed E-state index contributed by atoms with van der Waals surface area (Å²) >= 11 is 0. The van der Waals surface area contributed by atoms with Crippen LogP contribution in [0.25, 0.3) is 0 Å². The van der Waals surface area contributed by atoms with Crippen LogP contribution < -0.4 is 5.73 Å². The van der Waals surface area contributed by atoms with Gasteiger partial charge in [-0.2, -0.15) is 0 Å². The number of morpholine rings is 1. The van der Waals surface area contributed by atoms with Crippen molar-refractivity contribution in [2.45, 2.75) is 43.9 Å². The van der Waals surface area contributed by atoms with Gasteiger partial charge >= 0.3 is 0 Å². The Labute approximate surface area is 98.1 Å². The Morgan fingerprint density at radius 1 is 1.44 bits per heavy atom. The van der Waals surface area contributed by atoms with Gasteiger partial charge in [0.2, 0.25) is 0 Å². The van der Waals surface area contributed by atoms with E-state index in [1.807, 2.05) is 0 Å². The Bertz CT molecular complexity index is 191. The number of nitrogens with two attached hydrogens (primary N) is 1. The topological polar surface area (TPSA) is 47.7 Å². The lowest BCUT2D eigenvalue weighted by molar-refractivity contribution is -0.0866. The second kappa shape index (κ2) is 5.96. The van der Waals surface area contributed by atoms with E-state index >= 15 is 0 Å². The summed E-state index contributed by atoms with van der Waals surface area (Å²) in [5.41, 5.74) is 5.94. The molecule has 4 nitrogen and oxygen atoms in total. The highest BCUT2D eigenvalue weighted by molar-refractivity contribution is 4.76. The third-order valence-electron chi connectivity index (χ3n) is 3.53. The molecular weight excluding hydrogens is 204 g/mol. The number of nitrogens with zero attached hydrogens (tertiary/aromatic N) is 1. The molecule has 1 heterocycles. The van der Waals surface area contributed by atoms with Gasteiger partial charge < -0.3 is 20.1 Å². The summed E-state index contributed by atoms with van der Waals surface area (Å²) in [6, 6.07) is 0.341. The minimum atomic E-state index is 0.247. The van der Waals surface area contributed by atoms with Gasteiger partial charge in [-0.05, 0) is 32.7 Å². The number of ether oxygens (including phenoxy) is 2. The van der Waals surface area contributed by atoms with Gasteiger partial charge in [-0.3, -0.25) is 0 Å². The van der Waals surface area contributed by atoms with Crippen LogP contribution in [0.3, 0.4) is 0 Å². The molecular formula is C12H24N2O2. The molecule has 0 amide bonds. The second-order valence-corrected chi connectivity index (χ2v) is 5.14. The molecule has 16 heavy (non-hydrogen) atoms. The molecule has 0 aromatic heterocycles. The molecule has 2 N–H and O–H groups in total. The number of likely N-dealkylation sites (N-methyl/N-ethyl adjacent to an activating group) is 1. The summed E-state index contributed by atoms with van der Waals surface area (Å²) in [4.78, 5) is 2.30. The van der Waals surface area contributed by atoms with Crippen LogP contribution in [0.5, 0.6) is 0 Å². The molecule has 0 aromatic rings. The minimum Gasteiger partial charge on any atom is -0.375 e. The minimum absolute atomic E-state index is 0.247. The lowest BCUT2D eigenvalue weighted by atomic mass is 9.93. The molecule has 0 aromatic carbocycles. The molecule has 2 aliphatic rings. The summed E-state index contributed by atoms with van der Waals surface area (Å²) in [7, 11) is 2.13. The Balaban J connectivity index is 1.66. The van der Waals surface area contributed by atoms with Crippen molar-refractivity contribution in [1.29, 1.82) is 0 Å². The van der Waals surface area contributed by atoms with Gasteiger partial charge in [0.15, 0.2) is 0 Å². The quantitative estimate of drug-likeness (QED) is 0.768. The first-order valence-electron chi connectivity index (χ1n) is 6.41. The zero-order chi connectivity index (χ0) is 11.4. The summed E-state index contributed by atoms with van der Waals surface area (Å²) < 4.78 is 11.6. The van der Waals surface area contributed by atoms with E-state index in [-0.39, 0.29) is 6.10 Å². The first kappa shape index (κ1) is 12.3. The summed E-state index contributed by atoms with van der Waals surface area (Å²) in [5.74, 6) is 0. The Morgan fingerprint density at radius 2 is 2.31 bits per heavy atom. The molecule has 2 fully saturated rings. The maximum absolute atomic E-state index is 5.94. The fourth-order valence-corrected chi connectivity index (χ4v) is 2.54. The molecule has 1 aliphatic heterocycles. The highest BCUT2D eigenvalue weighted by atomic mass is 16.5. The predicted octanol–water partition coefficient (Wildman–Crippen LogP) is 0.604. The molecule has 0 radical (unpaired) electrons. The van der Waals surface area contributed by atoms with Crippen LogP contribution >= 0.6 is 0 Å². The third-order valence-corrected chi connectivity index (χ3v) is 3.53. The van der Waals surface area contributed by atoms with E-state index < -0.39 is 0 Å². The average molecular weight is 228 g/mol. The maximum Gasteiger partial charge on any atom is 0.0935 e. The van der Waals surface area contributed by atoms with Crippen LogP contribution in [0.4, 0.5) is 0 Å². The standard InChI is InChI=1S/C12H24N2O2/c1-14-5-6-15-12(8-14)9-16-11-4-2-3-10(13)7-11/h10-12H,2-9,13H2,1H3. The van der Waals surface area contributed by atoms with E-state index in [9.17, 15) is 0 Å². The van der Waals surface area contributed by atoms with E-state index in [2.05, 4.69) is 11.9 Å². The predicted molar refractivity (Wildman–Crippen MR) is 63.4 cm³/mol. The number of rotatable bonds is 3. The van der Waals surface area contributed by atoms with Crippen molar-refractivity contribution < 1.29 is 9.47 Å². The molecule has 1 saturated carbocycles. The van der Waals surface area contributed by atoms with Crippen molar-refractivity contribution >= 4 is 0 Å². The smallest absolute Gasteiger partial charge is 0.0935 e. The van der Waals surface area contributed by atoms with Crippen LogP contribution in [0.1, 0.15) is 25.7 Å². The number of hydrogen-bond acceptors (Lipinski definition) is 4. The summed E-state index contributed by atoms with van der Waals surface area (Å²) in [6.07, 6.45) is 5.15. The van der Waals surface area contributed by atoms with Crippen molar-refractivity contribution in [3.05, 3.63) is 0 Å². The second-order valence-electron chi connectivity index (χ2n) is 5.14. The molecule has 2 rings (SSSR count). The van der Waals surface area contributed by atoms with Crippen LogP contribution in [0.15, 0.2) is 0 Å². The van der Waals surface area contributed by atoms with Crippen LogP contribution in [-0.4, -0.2) is 56.5 Å². The fraction of sp³-hybridized carbons (Fsp3) is 1.00. The van der Waals surface area contributed by atoms with Gasteiger partial charge in [0.05, 0.1) is 25.4 Å². The zero-order valence-corrected chi connectivity index (χ0v) is 10.2. The van der Waals surface area contributed by atoms with Crippen molar-refractivity contribution in [3.8, 4) is 0 Å². The maximum atomic E-state index is 5.94. The van der Waals surface area contributed by atoms with E-state index in [4.69, 9.17) is 15.2 Å². The van der Waals surface area contributed by atoms with Crippen LogP contribution in [0, 0.1) is 0 Å². The van der Waals surface area contributed by atoms with Gasteiger partial charge in [-0.1, -0.05) is 0 Å². The Morgan fingerprint density at radius 3 is 3.06 bits per heavy atom. The van der Waals surface area contributed by atoms with Gasteiger partial charge in [-0.25, -0.2) is 0 Å². The van der Waals surface area contributed by atoms with E-state index in [0.29, 0.717) is 12.1 Å². The SMILES string of the molecule is CN1CCOC(COC2CCCC(N)C2)C1. The van der Waals surface area contributed by atoms with Crippen molar-refractivity contribution in [1.82, 2.24) is 4.90 Å². The molecule has 3 atom stereocenters. The zero-order valence-electron chi connectivity index (χ0n) is 10.2. The molecule has 1 aliphatic carbocycles. The lowest BCUT2D eigenvalue weighted by Gasteiger charge is -2.32. The molecule has 0 spiro atoms. The van der Waals surface area contributed by atoms with Crippen molar-refractivity contribution in [2.75, 3.05) is 33.4 Å². The first-order chi connectivity index (χ1) is 7.74. The third kappa shape index (κ3) is 3.70. The monoisotopic (exact) mass is 228 g/mol. The molecule has 0 bridgehead atoms. The van der Waals surface area contributed by atoms with Crippen molar-refractivity contribution in [2.24, 2.45) is 5.73 Å². The van der Waals surface area contributed by atoms with Crippen molar-refractivity contribution in [3.63, 3.8) is 0 Å². The molecule has 3 unspecified atom stereocenters. The summed E-state index contributed by atoms with van der Waals surface area (Å²) in [6.45, 7) is 3.57. The molecule has 4 heteroatoms. The highest BCUT2D eigenvalue weighted by Crippen LogP contribution is 2.20. The van der Waals surface area contributed by atoms with Crippen LogP contribution in [0.2, 0.25) is 0 Å². The first-order valence-corrected chi connectivity index (χ1v) is 6.41. The Hall–Kier alpha value is -0.160. The van der Waals surface area contributed by atoms with Crippen LogP contribution in [-0.2, 0) is 9.47 Å². The fourth-order valence-electron chi connectivity index (χ4n) is 2.54. The van der Waals surface area contributed by atoms with Gasteiger partial charge in [-0.15, -0.1) is 0 Å². The van der Waals surface area contributed by atoms with E-state index in [0.717, 1.165) is 45.6 Å². The lowest BCUT2D eigenvalue weighted by Crippen LogP contribution is -2.43. The average Bonchev–Trinajstić information content (AvgIpc) is 2.27. The van der Waals surface area contributed by atoms with Gasteiger partial charge in [0.25, 0.3) is 0 Å². The van der Waals surface area contributed by atoms with Gasteiger partial charge in [0.1, 0.15) is 0 Å². The summed E-state index contributed by atoms with van der Waals surface area (Å²) in [5, 5.41) is 0. The van der Waals surface area contributed by atoms with E-state index in [1.54, 1.807) is 0 Å². The Kier molecular flexibility index (Phi) is 4.58. The number of hydrogen-bond donors (Lipinski definition) is 1. The normalized spacial score (nSPS) is 37.5. The largest absolute Gasteiger partial charge is 0.375 e. The van der Waals surface area contributed by atoms with Gasteiger partial charge in [0, 0.05) is 19.1 Å². The molecule has 94 valence electrons. The highest BCUT2D eigenvalue weighted by Gasteiger charge is 2.23. The molecule has 1 saturated heterocycles. The van der Waals surface area contributed by atoms with E-state index in [1.165, 1.54) is 6.42 Å².